The number of anilines is 1. The molecule has 1 N–H and O–H groups in total. The highest BCUT2D eigenvalue weighted by Gasteiger charge is 2.33. The summed E-state index contributed by atoms with van der Waals surface area (Å²) in [5.41, 5.74) is 4.30. The molecule has 0 atom stereocenters. The van der Waals surface area contributed by atoms with Gasteiger partial charge >= 0.3 is 6.18 Å². The van der Waals surface area contributed by atoms with E-state index in [2.05, 4.69) is 10.3 Å². The largest absolute Gasteiger partial charge is 0.418 e. The number of hydrogen-bond acceptors (Lipinski definition) is 2. The second kappa shape index (κ2) is 10.4. The average molecular weight is 537 g/mol. The Hall–Kier alpha value is -3.54. The molecule has 0 unspecified atom stereocenters. The van der Waals surface area contributed by atoms with Crippen molar-refractivity contribution in [3.8, 4) is 11.1 Å². The Morgan fingerprint density at radius 3 is 2.32 bits per heavy atom. The third-order valence-corrected chi connectivity index (χ3v) is 6.76. The lowest BCUT2D eigenvalue weighted by Gasteiger charge is -2.17. The lowest BCUT2D eigenvalue weighted by Crippen LogP contribution is -2.07. The van der Waals surface area contributed by atoms with Crippen LogP contribution in [0.3, 0.4) is 0 Å². The van der Waals surface area contributed by atoms with Crippen molar-refractivity contribution < 1.29 is 13.2 Å². The van der Waals surface area contributed by atoms with Crippen molar-refractivity contribution in [3.63, 3.8) is 0 Å². The van der Waals surface area contributed by atoms with Crippen LogP contribution in [0.1, 0.15) is 22.3 Å². The van der Waals surface area contributed by atoms with E-state index in [-0.39, 0.29) is 5.52 Å². The third-order valence-electron chi connectivity index (χ3n) is 6.17. The first kappa shape index (κ1) is 25.1. The molecular formula is C30H21Cl2F3N2. The Morgan fingerprint density at radius 1 is 0.784 bits per heavy atom. The second-order valence-corrected chi connectivity index (χ2v) is 9.53. The van der Waals surface area contributed by atoms with E-state index in [0.717, 1.165) is 39.6 Å². The van der Waals surface area contributed by atoms with Crippen LogP contribution in [-0.4, -0.2) is 4.98 Å². The number of hydrogen-bond donors (Lipinski definition) is 1. The summed E-state index contributed by atoms with van der Waals surface area (Å²) in [5.74, 6) is 0. The van der Waals surface area contributed by atoms with Gasteiger partial charge in [0, 0.05) is 33.9 Å². The lowest BCUT2D eigenvalue weighted by molar-refractivity contribution is -0.136. The maximum atomic E-state index is 13.8. The minimum atomic E-state index is -4.51. The van der Waals surface area contributed by atoms with Crippen LogP contribution < -0.4 is 5.32 Å². The number of halogens is 5. The SMILES string of the molecule is FC(F)(F)c1cccc2c(-c3cccc(NCc4ccc(Cl)cc4Cl)c3)c(Cc3ccccc3)cnc12. The third kappa shape index (κ3) is 5.58. The van der Waals surface area contributed by atoms with E-state index in [1.165, 1.54) is 6.07 Å². The fourth-order valence-corrected chi connectivity index (χ4v) is 4.91. The quantitative estimate of drug-likeness (QED) is 0.233. The van der Waals surface area contributed by atoms with Crippen LogP contribution in [0, 0.1) is 0 Å². The zero-order valence-electron chi connectivity index (χ0n) is 19.5. The number of benzene rings is 4. The standard InChI is InChI=1S/C30H21Cl2F3N2/c31-23-13-12-21(27(32)16-23)17-36-24-9-4-8-20(15-24)28-22(14-19-6-2-1-3-7-19)18-37-29-25(28)10-5-11-26(29)30(33,34)35/h1-13,15-16,18,36H,14,17H2. The molecule has 37 heavy (non-hydrogen) atoms. The van der Waals surface area contributed by atoms with Gasteiger partial charge in [0.2, 0.25) is 0 Å². The molecule has 2 nitrogen and oxygen atoms in total. The van der Waals surface area contributed by atoms with Gasteiger partial charge in [-0.15, -0.1) is 0 Å². The van der Waals surface area contributed by atoms with Gasteiger partial charge in [0.1, 0.15) is 0 Å². The van der Waals surface area contributed by atoms with Gasteiger partial charge in [0.15, 0.2) is 0 Å². The van der Waals surface area contributed by atoms with Gasteiger partial charge in [-0.25, -0.2) is 0 Å². The number of fused-ring (bicyclic) bond motifs is 1. The van der Waals surface area contributed by atoms with Crippen LogP contribution in [0.25, 0.3) is 22.0 Å². The van der Waals surface area contributed by atoms with E-state index < -0.39 is 11.7 Å². The number of pyridine rings is 1. The molecule has 4 aromatic carbocycles. The molecule has 0 saturated heterocycles. The number of para-hydroxylation sites is 1. The fourth-order valence-electron chi connectivity index (χ4n) is 4.43. The van der Waals surface area contributed by atoms with Gasteiger partial charge in [-0.1, -0.05) is 83.9 Å². The van der Waals surface area contributed by atoms with Crippen LogP contribution in [-0.2, 0) is 19.1 Å². The summed E-state index contributed by atoms with van der Waals surface area (Å²) in [6.07, 6.45) is -2.41. The smallest absolute Gasteiger partial charge is 0.381 e. The molecule has 0 aliphatic carbocycles. The molecule has 186 valence electrons. The summed E-state index contributed by atoms with van der Waals surface area (Å²) in [6.45, 7) is 0.464. The van der Waals surface area contributed by atoms with Crippen molar-refractivity contribution in [2.24, 2.45) is 0 Å². The summed E-state index contributed by atoms with van der Waals surface area (Å²) in [5, 5.41) is 4.94. The van der Waals surface area contributed by atoms with Crippen molar-refractivity contribution in [3.05, 3.63) is 129 Å². The van der Waals surface area contributed by atoms with Gasteiger partial charge in [-0.2, -0.15) is 13.2 Å². The molecule has 1 heterocycles. The fraction of sp³-hybridized carbons (Fsp3) is 0.100. The molecule has 0 aliphatic heterocycles. The van der Waals surface area contributed by atoms with E-state index in [4.69, 9.17) is 23.2 Å². The van der Waals surface area contributed by atoms with Crippen molar-refractivity contribution in [1.29, 1.82) is 0 Å². The summed E-state index contributed by atoms with van der Waals surface area (Å²) >= 11 is 12.3. The molecule has 0 amide bonds. The van der Waals surface area contributed by atoms with Crippen LogP contribution in [0.2, 0.25) is 10.0 Å². The first-order valence-electron chi connectivity index (χ1n) is 11.6. The number of rotatable bonds is 6. The van der Waals surface area contributed by atoms with E-state index in [0.29, 0.717) is 28.4 Å². The first-order chi connectivity index (χ1) is 17.8. The number of nitrogens with one attached hydrogen (secondary N) is 1. The van der Waals surface area contributed by atoms with E-state index in [1.807, 2.05) is 60.7 Å². The highest BCUT2D eigenvalue weighted by molar-refractivity contribution is 6.35. The predicted molar refractivity (Wildman–Crippen MR) is 145 cm³/mol. The molecule has 0 bridgehead atoms. The zero-order valence-corrected chi connectivity index (χ0v) is 21.0. The summed E-state index contributed by atoms with van der Waals surface area (Å²) in [6, 6.07) is 27.0. The maximum Gasteiger partial charge on any atom is 0.418 e. The molecule has 1 aromatic heterocycles. The number of aromatic nitrogens is 1. The molecule has 0 saturated carbocycles. The van der Waals surface area contributed by atoms with Gasteiger partial charge < -0.3 is 5.32 Å². The van der Waals surface area contributed by atoms with Gasteiger partial charge in [-0.05, 0) is 64.6 Å². The van der Waals surface area contributed by atoms with Crippen molar-refractivity contribution >= 4 is 39.8 Å². The minimum absolute atomic E-state index is 0.0619. The summed E-state index contributed by atoms with van der Waals surface area (Å²) in [4.78, 5) is 4.28. The molecule has 5 rings (SSSR count). The zero-order chi connectivity index (χ0) is 26.0. The Morgan fingerprint density at radius 2 is 1.57 bits per heavy atom. The van der Waals surface area contributed by atoms with Crippen molar-refractivity contribution in [2.45, 2.75) is 19.1 Å². The molecular weight excluding hydrogens is 516 g/mol. The topological polar surface area (TPSA) is 24.9 Å². The molecule has 0 spiro atoms. The Kier molecular flexibility index (Phi) is 7.09. The van der Waals surface area contributed by atoms with Crippen molar-refractivity contribution in [2.75, 3.05) is 5.32 Å². The lowest BCUT2D eigenvalue weighted by atomic mass is 9.91. The number of alkyl halides is 3. The maximum absolute atomic E-state index is 13.8. The van der Waals surface area contributed by atoms with Crippen LogP contribution >= 0.6 is 23.2 Å². The molecule has 0 radical (unpaired) electrons. The Labute approximate surface area is 222 Å². The van der Waals surface area contributed by atoms with Crippen molar-refractivity contribution in [1.82, 2.24) is 4.98 Å². The summed E-state index contributed by atoms with van der Waals surface area (Å²) < 4.78 is 41.4. The van der Waals surface area contributed by atoms with E-state index >= 15 is 0 Å². The number of nitrogens with zero attached hydrogens (tertiary/aromatic N) is 1. The molecule has 0 aliphatic rings. The Bertz CT molecular complexity index is 1570. The predicted octanol–water partition coefficient (Wildman–Crippen LogP) is 9.43. The minimum Gasteiger partial charge on any atom is -0.381 e. The van der Waals surface area contributed by atoms with Crippen LogP contribution in [0.15, 0.2) is 97.2 Å². The van der Waals surface area contributed by atoms with Gasteiger partial charge in [0.05, 0.1) is 11.1 Å². The van der Waals surface area contributed by atoms with Gasteiger partial charge in [-0.3, -0.25) is 4.98 Å². The highest BCUT2D eigenvalue weighted by Crippen LogP contribution is 2.39. The van der Waals surface area contributed by atoms with E-state index in [9.17, 15) is 13.2 Å². The molecule has 7 heteroatoms. The monoisotopic (exact) mass is 536 g/mol. The Balaban J connectivity index is 1.60. The van der Waals surface area contributed by atoms with Gasteiger partial charge in [0.25, 0.3) is 0 Å². The van der Waals surface area contributed by atoms with Crippen LogP contribution in [0.4, 0.5) is 18.9 Å². The normalized spacial score (nSPS) is 11.6. The first-order valence-corrected chi connectivity index (χ1v) is 12.3. The van der Waals surface area contributed by atoms with Crippen LogP contribution in [0.5, 0.6) is 0 Å². The molecule has 5 aromatic rings. The summed E-state index contributed by atoms with van der Waals surface area (Å²) in [7, 11) is 0. The highest BCUT2D eigenvalue weighted by atomic mass is 35.5. The molecule has 0 fully saturated rings. The second-order valence-electron chi connectivity index (χ2n) is 8.69. The average Bonchev–Trinajstić information content (AvgIpc) is 2.88. The van der Waals surface area contributed by atoms with E-state index in [1.54, 1.807) is 24.4 Å².